The van der Waals surface area contributed by atoms with Crippen molar-refractivity contribution in [3.8, 4) is 11.5 Å². The molecule has 28 heavy (non-hydrogen) atoms. The predicted octanol–water partition coefficient (Wildman–Crippen LogP) is 3.26. The first kappa shape index (κ1) is 20.6. The summed E-state index contributed by atoms with van der Waals surface area (Å²) in [6.45, 7) is 0.285. The first-order valence-corrected chi connectivity index (χ1v) is 10.9. The Kier molecular flexibility index (Phi) is 6.26. The standard InChI is InChI=1S/C19H21BrN2O5S/c1-26-17-9-8-15(12-18(17)27-2)28(24,25)22-10-4-7-16(22)19(23)21-14-6-3-5-13(20)11-14/h3,5-6,8-9,11-12,16H,4,7,10H2,1-2H3,(H,21,23). The minimum Gasteiger partial charge on any atom is -0.493 e. The summed E-state index contributed by atoms with van der Waals surface area (Å²) < 4.78 is 38.8. The molecule has 0 radical (unpaired) electrons. The van der Waals surface area contributed by atoms with Crippen molar-refractivity contribution in [2.24, 2.45) is 0 Å². The van der Waals surface area contributed by atoms with Crippen LogP contribution in [0, 0.1) is 0 Å². The van der Waals surface area contributed by atoms with E-state index in [1.54, 1.807) is 24.3 Å². The third-order valence-electron chi connectivity index (χ3n) is 4.56. The summed E-state index contributed by atoms with van der Waals surface area (Å²) in [5.74, 6) is 0.407. The smallest absolute Gasteiger partial charge is 0.243 e. The molecule has 0 saturated carbocycles. The zero-order valence-corrected chi connectivity index (χ0v) is 17.9. The van der Waals surface area contributed by atoms with Gasteiger partial charge in [0.2, 0.25) is 15.9 Å². The molecule has 3 rings (SSSR count). The second-order valence-electron chi connectivity index (χ2n) is 6.29. The number of sulfonamides is 1. The molecule has 0 aliphatic carbocycles. The highest BCUT2D eigenvalue weighted by Gasteiger charge is 2.39. The minimum atomic E-state index is -3.86. The van der Waals surface area contributed by atoms with Gasteiger partial charge in [-0.05, 0) is 43.2 Å². The van der Waals surface area contributed by atoms with Gasteiger partial charge >= 0.3 is 0 Å². The van der Waals surface area contributed by atoms with E-state index < -0.39 is 16.1 Å². The van der Waals surface area contributed by atoms with E-state index in [4.69, 9.17) is 9.47 Å². The Hall–Kier alpha value is -2.10. The molecule has 0 bridgehead atoms. The fraction of sp³-hybridized carbons (Fsp3) is 0.316. The van der Waals surface area contributed by atoms with Crippen LogP contribution in [0.4, 0.5) is 5.69 Å². The SMILES string of the molecule is COc1ccc(S(=O)(=O)N2CCCC2C(=O)Nc2cccc(Br)c2)cc1OC. The van der Waals surface area contributed by atoms with Crippen LogP contribution in [-0.4, -0.2) is 45.4 Å². The molecule has 2 aromatic rings. The minimum absolute atomic E-state index is 0.0623. The molecular formula is C19H21BrN2O5S. The molecule has 9 heteroatoms. The van der Waals surface area contributed by atoms with Crippen LogP contribution in [0.1, 0.15) is 12.8 Å². The quantitative estimate of drug-likeness (QED) is 0.702. The van der Waals surface area contributed by atoms with Gasteiger partial charge in [0, 0.05) is 22.8 Å². The second-order valence-corrected chi connectivity index (χ2v) is 9.10. The van der Waals surface area contributed by atoms with Crippen molar-refractivity contribution in [2.45, 2.75) is 23.8 Å². The van der Waals surface area contributed by atoms with Crippen LogP contribution < -0.4 is 14.8 Å². The van der Waals surface area contributed by atoms with E-state index in [1.165, 1.54) is 30.7 Å². The Morgan fingerprint density at radius 1 is 1.14 bits per heavy atom. The van der Waals surface area contributed by atoms with Crippen LogP contribution >= 0.6 is 15.9 Å². The summed E-state index contributed by atoms with van der Waals surface area (Å²) in [4.78, 5) is 12.8. The van der Waals surface area contributed by atoms with Gasteiger partial charge in [-0.15, -0.1) is 0 Å². The maximum atomic E-state index is 13.2. The van der Waals surface area contributed by atoms with Gasteiger partial charge in [0.25, 0.3) is 0 Å². The molecule has 7 nitrogen and oxygen atoms in total. The van der Waals surface area contributed by atoms with Crippen LogP contribution in [0.5, 0.6) is 11.5 Å². The number of methoxy groups -OCH3 is 2. The van der Waals surface area contributed by atoms with Crippen molar-refractivity contribution in [3.05, 3.63) is 46.9 Å². The van der Waals surface area contributed by atoms with E-state index in [0.29, 0.717) is 30.0 Å². The number of ether oxygens (including phenoxy) is 2. The number of amides is 1. The topological polar surface area (TPSA) is 84.9 Å². The summed E-state index contributed by atoms with van der Waals surface area (Å²) >= 11 is 3.36. The average Bonchev–Trinajstić information content (AvgIpc) is 3.18. The Bertz CT molecular complexity index is 980. The van der Waals surface area contributed by atoms with Gasteiger partial charge in [-0.25, -0.2) is 8.42 Å². The molecule has 2 aromatic carbocycles. The fourth-order valence-corrected chi connectivity index (χ4v) is 5.27. The highest BCUT2D eigenvalue weighted by Crippen LogP contribution is 2.33. The highest BCUT2D eigenvalue weighted by molar-refractivity contribution is 9.10. The number of halogens is 1. The molecule has 1 aliphatic heterocycles. The molecule has 1 fully saturated rings. The van der Waals surface area contributed by atoms with Crippen molar-refractivity contribution < 1.29 is 22.7 Å². The lowest BCUT2D eigenvalue weighted by atomic mass is 10.2. The predicted molar refractivity (Wildman–Crippen MR) is 109 cm³/mol. The third kappa shape index (κ3) is 4.16. The third-order valence-corrected chi connectivity index (χ3v) is 6.96. The Balaban J connectivity index is 1.85. The number of anilines is 1. The normalized spacial score (nSPS) is 17.3. The van der Waals surface area contributed by atoms with E-state index in [9.17, 15) is 13.2 Å². The molecule has 1 saturated heterocycles. The zero-order chi connectivity index (χ0) is 20.3. The van der Waals surface area contributed by atoms with Gasteiger partial charge in [-0.1, -0.05) is 22.0 Å². The largest absolute Gasteiger partial charge is 0.493 e. The first-order chi connectivity index (χ1) is 13.4. The van der Waals surface area contributed by atoms with Crippen molar-refractivity contribution in [2.75, 3.05) is 26.1 Å². The van der Waals surface area contributed by atoms with Gasteiger partial charge in [0.1, 0.15) is 6.04 Å². The van der Waals surface area contributed by atoms with E-state index in [1.807, 2.05) is 6.07 Å². The Morgan fingerprint density at radius 2 is 1.89 bits per heavy atom. The van der Waals surface area contributed by atoms with Gasteiger partial charge in [0.05, 0.1) is 19.1 Å². The van der Waals surface area contributed by atoms with Gasteiger partial charge in [0.15, 0.2) is 11.5 Å². The molecule has 0 aromatic heterocycles. The molecule has 150 valence electrons. The monoisotopic (exact) mass is 468 g/mol. The molecule has 1 heterocycles. The Labute approximate surface area is 172 Å². The lowest BCUT2D eigenvalue weighted by Gasteiger charge is -2.24. The number of hydrogen-bond acceptors (Lipinski definition) is 5. The van der Waals surface area contributed by atoms with Crippen molar-refractivity contribution >= 4 is 37.5 Å². The zero-order valence-electron chi connectivity index (χ0n) is 15.5. The number of hydrogen-bond donors (Lipinski definition) is 1. The molecule has 1 N–H and O–H groups in total. The maximum Gasteiger partial charge on any atom is 0.243 e. The number of benzene rings is 2. The number of carbonyl (C=O) groups is 1. The van der Waals surface area contributed by atoms with E-state index in [0.717, 1.165) is 4.47 Å². The number of rotatable bonds is 6. The van der Waals surface area contributed by atoms with Crippen LogP contribution in [-0.2, 0) is 14.8 Å². The molecular weight excluding hydrogens is 448 g/mol. The van der Waals surface area contributed by atoms with Crippen molar-refractivity contribution in [1.29, 1.82) is 0 Å². The van der Waals surface area contributed by atoms with E-state index in [-0.39, 0.29) is 17.3 Å². The number of nitrogens with one attached hydrogen (secondary N) is 1. The molecule has 1 unspecified atom stereocenters. The van der Waals surface area contributed by atoms with E-state index in [2.05, 4.69) is 21.2 Å². The summed E-state index contributed by atoms with van der Waals surface area (Å²) in [6, 6.07) is 10.8. The number of nitrogens with zero attached hydrogens (tertiary/aromatic N) is 1. The van der Waals surface area contributed by atoms with Crippen molar-refractivity contribution in [3.63, 3.8) is 0 Å². The molecule has 1 aliphatic rings. The van der Waals surface area contributed by atoms with Gasteiger partial charge in [-0.3, -0.25) is 4.79 Å². The van der Waals surface area contributed by atoms with Crippen LogP contribution in [0.2, 0.25) is 0 Å². The summed E-state index contributed by atoms with van der Waals surface area (Å²) in [5, 5.41) is 2.80. The van der Waals surface area contributed by atoms with Crippen LogP contribution in [0.15, 0.2) is 51.8 Å². The van der Waals surface area contributed by atoms with Crippen LogP contribution in [0.25, 0.3) is 0 Å². The van der Waals surface area contributed by atoms with E-state index >= 15 is 0 Å². The van der Waals surface area contributed by atoms with Gasteiger partial charge < -0.3 is 14.8 Å². The van der Waals surface area contributed by atoms with Crippen molar-refractivity contribution in [1.82, 2.24) is 4.31 Å². The molecule has 1 amide bonds. The van der Waals surface area contributed by atoms with Gasteiger partial charge in [-0.2, -0.15) is 4.31 Å². The van der Waals surface area contributed by atoms with Crippen LogP contribution in [0.3, 0.4) is 0 Å². The fourth-order valence-electron chi connectivity index (χ4n) is 3.19. The Morgan fingerprint density at radius 3 is 2.57 bits per heavy atom. The lowest BCUT2D eigenvalue weighted by Crippen LogP contribution is -2.43. The summed E-state index contributed by atoms with van der Waals surface area (Å²) in [7, 11) is -0.939. The first-order valence-electron chi connectivity index (χ1n) is 8.67. The maximum absolute atomic E-state index is 13.2. The highest BCUT2D eigenvalue weighted by atomic mass is 79.9. The molecule has 0 spiro atoms. The molecule has 1 atom stereocenters. The average molecular weight is 469 g/mol. The second kappa shape index (κ2) is 8.50. The summed E-state index contributed by atoms with van der Waals surface area (Å²) in [6.07, 6.45) is 1.08. The lowest BCUT2D eigenvalue weighted by molar-refractivity contribution is -0.119. The summed E-state index contributed by atoms with van der Waals surface area (Å²) in [5.41, 5.74) is 0.606. The number of carbonyl (C=O) groups excluding carboxylic acids is 1.